The maximum absolute atomic E-state index is 5.93. The lowest BCUT2D eigenvalue weighted by Gasteiger charge is -2.07. The van der Waals surface area contributed by atoms with Gasteiger partial charge >= 0.3 is 0 Å². The van der Waals surface area contributed by atoms with Gasteiger partial charge in [-0.1, -0.05) is 53.6 Å². The predicted molar refractivity (Wildman–Crippen MR) is 125 cm³/mol. The van der Waals surface area contributed by atoms with Gasteiger partial charge in [0.15, 0.2) is 5.11 Å². The van der Waals surface area contributed by atoms with Crippen molar-refractivity contribution in [1.29, 1.82) is 0 Å². The summed E-state index contributed by atoms with van der Waals surface area (Å²) in [7, 11) is 0. The van der Waals surface area contributed by atoms with E-state index in [9.17, 15) is 0 Å². The van der Waals surface area contributed by atoms with Crippen LogP contribution in [0.2, 0.25) is 5.02 Å². The van der Waals surface area contributed by atoms with Gasteiger partial charge in [-0.15, -0.1) is 0 Å². The molecule has 0 saturated carbocycles. The quantitative estimate of drug-likeness (QED) is 0.419. The molecule has 0 atom stereocenters. The summed E-state index contributed by atoms with van der Waals surface area (Å²) in [5.74, 6) is 0. The van der Waals surface area contributed by atoms with Crippen LogP contribution in [0.1, 0.15) is 16.7 Å². The van der Waals surface area contributed by atoms with Crippen LogP contribution in [-0.4, -0.2) is 24.7 Å². The van der Waals surface area contributed by atoms with Gasteiger partial charge in [-0.2, -0.15) is 10.2 Å². The summed E-state index contributed by atoms with van der Waals surface area (Å²) >= 11 is 11.3. The Morgan fingerprint density at radius 1 is 0.833 bits per heavy atom. The minimum Gasteiger partial charge on any atom is -0.330 e. The molecule has 6 nitrogen and oxygen atoms in total. The topological polar surface area (TPSA) is 59.7 Å². The third kappa shape index (κ3) is 5.46. The highest BCUT2D eigenvalue weighted by Crippen LogP contribution is 2.13. The highest BCUT2D eigenvalue weighted by Gasteiger charge is 2.05. The third-order valence-corrected chi connectivity index (χ3v) is 4.96. The van der Waals surface area contributed by atoms with E-state index in [1.807, 2.05) is 46.0 Å². The third-order valence-electron chi connectivity index (χ3n) is 4.51. The molecule has 8 heteroatoms. The first-order valence-electron chi connectivity index (χ1n) is 9.46. The van der Waals surface area contributed by atoms with Crippen molar-refractivity contribution in [3.05, 3.63) is 95.0 Å². The molecule has 0 aliphatic rings. The molecule has 2 N–H and O–H groups in total. The van der Waals surface area contributed by atoms with E-state index in [0.717, 1.165) is 22.0 Å². The van der Waals surface area contributed by atoms with Crippen LogP contribution in [0.3, 0.4) is 0 Å². The van der Waals surface area contributed by atoms with Gasteiger partial charge in [0.2, 0.25) is 0 Å². The zero-order valence-electron chi connectivity index (χ0n) is 16.4. The summed E-state index contributed by atoms with van der Waals surface area (Å²) in [6.45, 7) is 3.44. The van der Waals surface area contributed by atoms with Gasteiger partial charge in [0.05, 0.1) is 36.9 Å². The molecular weight excluding hydrogens is 416 g/mol. The van der Waals surface area contributed by atoms with Crippen LogP contribution in [0.15, 0.2) is 73.3 Å². The Bertz CT molecular complexity index is 1040. The van der Waals surface area contributed by atoms with Crippen molar-refractivity contribution in [2.75, 3.05) is 10.6 Å². The van der Waals surface area contributed by atoms with Crippen molar-refractivity contribution in [1.82, 2.24) is 19.6 Å². The van der Waals surface area contributed by atoms with Crippen molar-refractivity contribution in [2.24, 2.45) is 0 Å². The average Bonchev–Trinajstić information content (AvgIpc) is 3.35. The monoisotopic (exact) mass is 436 g/mol. The summed E-state index contributed by atoms with van der Waals surface area (Å²) in [5, 5.41) is 16.3. The Hall–Kier alpha value is -3.16. The van der Waals surface area contributed by atoms with Crippen molar-refractivity contribution < 1.29 is 0 Å². The van der Waals surface area contributed by atoms with Crippen LogP contribution in [0.25, 0.3) is 0 Å². The number of halogens is 1. The van der Waals surface area contributed by atoms with E-state index < -0.39 is 0 Å². The summed E-state index contributed by atoms with van der Waals surface area (Å²) in [4.78, 5) is 0. The Kier molecular flexibility index (Phi) is 6.11. The molecule has 0 radical (unpaired) electrons. The fraction of sp³-hybridized carbons (Fsp3) is 0.136. The van der Waals surface area contributed by atoms with Crippen LogP contribution < -0.4 is 10.6 Å². The van der Waals surface area contributed by atoms with Crippen LogP contribution in [0, 0.1) is 6.92 Å². The predicted octanol–water partition coefficient (Wildman–Crippen LogP) is 4.95. The van der Waals surface area contributed by atoms with Crippen molar-refractivity contribution >= 4 is 40.3 Å². The molecular formula is C22H21ClN6S. The standard InChI is InChI=1S/C22H21ClN6S/c1-16-2-4-17(5-3-16)12-28-14-20(10-24-28)26-22(30)27-21-11-25-29(15-21)13-18-6-8-19(23)9-7-18/h2-11,14-15H,12-13H2,1H3,(H2,26,27,30). The minimum absolute atomic E-state index is 0.482. The van der Waals surface area contributed by atoms with Gasteiger partial charge in [-0.05, 0) is 42.4 Å². The van der Waals surface area contributed by atoms with Gasteiger partial charge in [0.25, 0.3) is 0 Å². The number of rotatable bonds is 6. The number of nitrogens with one attached hydrogen (secondary N) is 2. The first-order valence-corrected chi connectivity index (χ1v) is 10.2. The van der Waals surface area contributed by atoms with E-state index in [0.29, 0.717) is 18.2 Å². The molecule has 0 spiro atoms. The molecule has 0 saturated heterocycles. The van der Waals surface area contributed by atoms with Crippen LogP contribution >= 0.6 is 23.8 Å². The molecule has 2 heterocycles. The second-order valence-corrected chi connectivity index (χ2v) is 7.89. The van der Waals surface area contributed by atoms with Gasteiger partial charge in [0.1, 0.15) is 0 Å². The van der Waals surface area contributed by atoms with E-state index in [1.54, 1.807) is 12.4 Å². The summed E-state index contributed by atoms with van der Waals surface area (Å²) in [6, 6.07) is 16.1. The summed E-state index contributed by atoms with van der Waals surface area (Å²) in [6.07, 6.45) is 7.33. The van der Waals surface area contributed by atoms with Gasteiger partial charge < -0.3 is 10.6 Å². The Morgan fingerprint density at radius 2 is 1.30 bits per heavy atom. The van der Waals surface area contributed by atoms with Gasteiger partial charge in [0, 0.05) is 17.4 Å². The SMILES string of the molecule is Cc1ccc(Cn2cc(NC(=S)Nc3cnn(Cc4ccc(Cl)cc4)c3)cn2)cc1. The fourth-order valence-corrected chi connectivity index (χ4v) is 3.34. The number of hydrogen-bond donors (Lipinski definition) is 2. The zero-order valence-corrected chi connectivity index (χ0v) is 18.0. The Morgan fingerprint density at radius 3 is 1.80 bits per heavy atom. The first kappa shape index (κ1) is 20.1. The van der Waals surface area contributed by atoms with Gasteiger partial charge in [-0.25, -0.2) is 0 Å². The molecule has 2 aromatic heterocycles. The molecule has 0 unspecified atom stereocenters. The van der Waals surface area contributed by atoms with E-state index in [-0.39, 0.29) is 0 Å². The Balaban J connectivity index is 1.30. The molecule has 4 aromatic rings. The van der Waals surface area contributed by atoms with E-state index in [4.69, 9.17) is 23.8 Å². The summed E-state index contributed by atoms with van der Waals surface area (Å²) < 4.78 is 3.72. The maximum Gasteiger partial charge on any atom is 0.175 e. The molecule has 30 heavy (non-hydrogen) atoms. The number of hydrogen-bond acceptors (Lipinski definition) is 3. The molecule has 4 rings (SSSR count). The lowest BCUT2D eigenvalue weighted by molar-refractivity contribution is 0.687. The minimum atomic E-state index is 0.482. The lowest BCUT2D eigenvalue weighted by Crippen LogP contribution is -2.18. The average molecular weight is 437 g/mol. The lowest BCUT2D eigenvalue weighted by atomic mass is 10.1. The van der Waals surface area contributed by atoms with Crippen molar-refractivity contribution in [3.63, 3.8) is 0 Å². The summed E-state index contributed by atoms with van der Waals surface area (Å²) in [5.41, 5.74) is 5.20. The molecule has 0 fully saturated rings. The molecule has 0 aliphatic heterocycles. The molecule has 2 aromatic carbocycles. The number of anilines is 2. The number of thiocarbonyl (C=S) groups is 1. The largest absolute Gasteiger partial charge is 0.330 e. The van der Waals surface area contributed by atoms with Crippen LogP contribution in [0.5, 0.6) is 0 Å². The first-order chi connectivity index (χ1) is 14.5. The number of nitrogens with zero attached hydrogens (tertiary/aromatic N) is 4. The zero-order chi connectivity index (χ0) is 20.9. The van der Waals surface area contributed by atoms with E-state index in [1.165, 1.54) is 11.1 Å². The second-order valence-electron chi connectivity index (χ2n) is 7.04. The number of aryl methyl sites for hydroxylation is 1. The smallest absolute Gasteiger partial charge is 0.175 e. The van der Waals surface area contributed by atoms with Crippen molar-refractivity contribution in [3.8, 4) is 0 Å². The van der Waals surface area contributed by atoms with E-state index in [2.05, 4.69) is 52.0 Å². The highest BCUT2D eigenvalue weighted by atomic mass is 35.5. The van der Waals surface area contributed by atoms with Gasteiger partial charge in [-0.3, -0.25) is 9.36 Å². The Labute approximate surface area is 185 Å². The maximum atomic E-state index is 5.93. The van der Waals surface area contributed by atoms with Crippen LogP contribution in [-0.2, 0) is 13.1 Å². The fourth-order valence-electron chi connectivity index (χ4n) is 2.98. The van der Waals surface area contributed by atoms with Crippen molar-refractivity contribution in [2.45, 2.75) is 20.0 Å². The molecule has 152 valence electrons. The molecule has 0 bridgehead atoms. The molecule has 0 aliphatic carbocycles. The molecule has 0 amide bonds. The normalized spacial score (nSPS) is 10.7. The van der Waals surface area contributed by atoms with E-state index >= 15 is 0 Å². The van der Waals surface area contributed by atoms with Crippen LogP contribution in [0.4, 0.5) is 11.4 Å². The second kappa shape index (κ2) is 9.11. The highest BCUT2D eigenvalue weighted by molar-refractivity contribution is 7.80. The number of aromatic nitrogens is 4. The number of benzene rings is 2.